The van der Waals surface area contributed by atoms with Crippen LogP contribution in [-0.2, 0) is 55.3 Å². The summed E-state index contributed by atoms with van der Waals surface area (Å²) < 4.78 is 88.5. The highest BCUT2D eigenvalue weighted by Gasteiger charge is 2.49. The number of primary amides is 4. The minimum absolute atomic E-state index is 0.0159. The largest absolute Gasteiger partial charge is 0.527 e. The Balaban J connectivity index is 0.000000213. The van der Waals surface area contributed by atoms with Crippen molar-refractivity contribution in [3.05, 3.63) is 117 Å². The number of aliphatic hydroxyl groups is 9. The zero-order chi connectivity index (χ0) is 78.7. The van der Waals surface area contributed by atoms with E-state index in [9.17, 15) is 98.8 Å². The number of hydrogen-bond donors (Lipinski definition) is 21. The molecular formula is C50H71N18O34P3. The normalized spacial score (nSPS) is 26.1. The zero-order valence-corrected chi connectivity index (χ0v) is 56.5. The summed E-state index contributed by atoms with van der Waals surface area (Å²) in [5.41, 5.74) is 42.0. The van der Waals surface area contributed by atoms with E-state index in [1.807, 2.05) is 0 Å². The summed E-state index contributed by atoms with van der Waals surface area (Å²) in [4.78, 5) is 106. The third kappa shape index (κ3) is 20.8. The molecule has 0 spiro atoms. The van der Waals surface area contributed by atoms with Crippen molar-refractivity contribution in [1.29, 1.82) is 0 Å². The van der Waals surface area contributed by atoms with Crippen LogP contribution in [0.15, 0.2) is 73.8 Å². The number of nitrogen functional groups attached to an aromatic ring is 4. The summed E-state index contributed by atoms with van der Waals surface area (Å²) in [5.74, 6) is -4.17. The molecule has 4 aliphatic heterocycles. The maximum absolute atomic E-state index is 12.1. The highest BCUT2D eigenvalue weighted by Crippen LogP contribution is 2.49. The van der Waals surface area contributed by atoms with Crippen molar-refractivity contribution < 1.29 is 155 Å². The van der Waals surface area contributed by atoms with Crippen LogP contribution in [0.25, 0.3) is 0 Å². The van der Waals surface area contributed by atoms with Gasteiger partial charge in [-0.2, -0.15) is 0 Å². The number of nitrogens with two attached hydrogens (primary N) is 8. The molecule has 4 aromatic heterocycles. The van der Waals surface area contributed by atoms with Crippen molar-refractivity contribution in [3.63, 3.8) is 0 Å². The standard InChI is InChI=1S/C15H18N5O10P.C11H19N4O8P.C9H15N4O8P.C9H14N4O5.C6H5NO3/c16-13-10(14(17)23)18-6-19(13)15-12(22)11(21)9(29-15)5-28-31(26,27)30-8-3-1-7(2-4-8)20(24)25;1-20-24(19,21-2)22-3-5-7(16)8(17)11(23-5)15-4-14-6(9(15)12)10(13)18;10-7-4(8(11)16)12-2-13(7)9-6(15)5(14)3(21-9)1-20-22(17,18)19;10-7-4(8(11)17)12-2-13(7)9-6(16)5(15)3(1-14)18-9;8-6-3-1-5(2-4-6)7(9)10/h1-4,6,9,11-12,15,21-22H,5,16H2,(H2,17,23)(H,26,27);4-5,7-8,11,16-17H,3,12H2,1-2H3,(H2,13,18);2-3,5-6,9,14-15H,1,10H2,(H2,11,16)(H2,17,18,19);2-3,5-6,9,14-16H,1,10H2,(H2,11,17);1-4,8H/t9-,11-,12-,15-;5-,7-,8-,11-;2*3-,5-,6-,9-;/m1111./s1. The highest BCUT2D eigenvalue weighted by molar-refractivity contribution is 7.48. The molecular weight excluding hydrogens is 1490 g/mol. The summed E-state index contributed by atoms with van der Waals surface area (Å²) in [5, 5.41) is 118. The Morgan fingerprint density at radius 2 is 0.752 bits per heavy atom. The second kappa shape index (κ2) is 35.6. The number of amides is 4. The quantitative estimate of drug-likeness (QED) is 0.0152. The third-order valence-electron chi connectivity index (χ3n) is 14.9. The molecule has 4 saturated heterocycles. The van der Waals surface area contributed by atoms with Gasteiger partial charge < -0.3 is 130 Å². The molecule has 29 N–H and O–H groups in total. The Bertz CT molecular complexity index is 4160. The van der Waals surface area contributed by atoms with Gasteiger partial charge in [0.2, 0.25) is 0 Å². The maximum atomic E-state index is 12.1. The van der Waals surface area contributed by atoms with Crippen LogP contribution in [0.2, 0.25) is 0 Å². The highest BCUT2D eigenvalue weighted by atomic mass is 31.2. The topological polar surface area (TPSA) is 841 Å². The molecule has 580 valence electrons. The monoisotopic (exact) mass is 1560 g/mol. The van der Waals surface area contributed by atoms with Gasteiger partial charge in [0.25, 0.3) is 35.0 Å². The molecule has 1 unspecified atom stereocenters. The number of nitrogens with zero attached hydrogens (tertiary/aromatic N) is 10. The van der Waals surface area contributed by atoms with Crippen LogP contribution in [0, 0.1) is 20.2 Å². The first-order chi connectivity index (χ1) is 49.0. The SMILES string of the molecule is COP(=O)(OC)OC[C@H]1O[C@@H](n2cnc(C(N)=O)c2N)[C@H](O)[C@@H]1O.NC(=O)c1ncn([C@@H]2O[C@H](CO)[C@@H](O)[C@H]2O)c1N.NC(=O)c1ncn([C@@H]2O[C@H](COP(=O)(O)O)[C@@H](O)[C@H]2O)c1N.NC(=O)c1ncn([C@@H]2O[C@H](COP(=O)(O)Oc3ccc([N+](=O)[O-])cc3)[C@@H](O)[C@H]2O)c1N.O=[N+]([O-])c1ccc(O)cc1. The Morgan fingerprint density at radius 3 is 1.01 bits per heavy atom. The fourth-order valence-electron chi connectivity index (χ4n) is 9.50. The lowest BCUT2D eigenvalue weighted by Crippen LogP contribution is -2.33. The zero-order valence-electron chi connectivity index (χ0n) is 53.8. The van der Waals surface area contributed by atoms with Crippen LogP contribution in [0.5, 0.6) is 11.5 Å². The van der Waals surface area contributed by atoms with Gasteiger partial charge in [-0.25, -0.2) is 33.6 Å². The molecule has 55 heteroatoms. The van der Waals surface area contributed by atoms with Crippen molar-refractivity contribution in [2.45, 2.75) is 98.2 Å². The Hall–Kier alpha value is -9.39. The van der Waals surface area contributed by atoms with Crippen molar-refractivity contribution in [2.75, 3.05) is 63.6 Å². The lowest BCUT2D eigenvalue weighted by molar-refractivity contribution is -0.385. The van der Waals surface area contributed by atoms with E-state index in [1.165, 1.54) is 35.2 Å². The van der Waals surface area contributed by atoms with Crippen LogP contribution in [0.1, 0.15) is 66.9 Å². The molecule has 0 aliphatic carbocycles. The number of phenolic OH excluding ortho intramolecular Hbond substituents is 1. The number of carbonyl (C=O) groups is 4. The molecule has 6 aromatic rings. The number of aromatic hydroxyl groups is 1. The summed E-state index contributed by atoms with van der Waals surface area (Å²) in [6.45, 7) is -2.17. The summed E-state index contributed by atoms with van der Waals surface area (Å²) in [7, 11) is -11.0. The van der Waals surface area contributed by atoms with Gasteiger partial charge >= 0.3 is 23.5 Å². The first-order valence-electron chi connectivity index (χ1n) is 29.1. The van der Waals surface area contributed by atoms with Gasteiger partial charge in [-0.3, -0.25) is 85.2 Å². The first kappa shape index (κ1) is 84.5. The number of non-ortho nitro benzene ring substituents is 2. The molecule has 2 aromatic carbocycles. The van der Waals surface area contributed by atoms with Gasteiger partial charge in [0.15, 0.2) is 47.7 Å². The smallest absolute Gasteiger partial charge is 0.508 e. The number of aliphatic hydroxyl groups excluding tert-OH is 9. The van der Waals surface area contributed by atoms with Crippen LogP contribution in [0.3, 0.4) is 0 Å². The lowest BCUT2D eigenvalue weighted by atomic mass is 10.1. The fourth-order valence-corrected chi connectivity index (χ4v) is 11.3. The number of phenols is 1. The van der Waals surface area contributed by atoms with Crippen LogP contribution in [0.4, 0.5) is 34.6 Å². The molecule has 105 heavy (non-hydrogen) atoms. The average Bonchev–Trinajstić information content (AvgIpc) is 1.66. The first-order valence-corrected chi connectivity index (χ1v) is 33.6. The van der Waals surface area contributed by atoms with E-state index in [4.69, 9.17) is 98.4 Å². The van der Waals surface area contributed by atoms with Crippen molar-refractivity contribution in [2.24, 2.45) is 22.9 Å². The second-order valence-corrected chi connectivity index (χ2v) is 26.1. The lowest BCUT2D eigenvalue weighted by Gasteiger charge is -2.18. The van der Waals surface area contributed by atoms with Gasteiger partial charge in [-0.05, 0) is 24.3 Å². The third-order valence-corrected chi connectivity index (χ3v) is 17.6. The van der Waals surface area contributed by atoms with Gasteiger partial charge in [0.1, 0.15) is 108 Å². The van der Waals surface area contributed by atoms with Gasteiger partial charge in [0, 0.05) is 38.5 Å². The van der Waals surface area contributed by atoms with E-state index < -0.39 is 175 Å². The number of phosphoric ester groups is 3. The van der Waals surface area contributed by atoms with E-state index in [0.717, 1.165) is 71.2 Å². The number of ether oxygens (including phenoxy) is 4. The van der Waals surface area contributed by atoms with Crippen LogP contribution >= 0.6 is 23.5 Å². The fraction of sp³-hybridized carbons (Fsp3) is 0.440. The molecule has 8 heterocycles. The molecule has 0 saturated carbocycles. The van der Waals surface area contributed by atoms with Crippen molar-refractivity contribution in [1.82, 2.24) is 38.2 Å². The van der Waals surface area contributed by atoms with Gasteiger partial charge in [-0.15, -0.1) is 0 Å². The minimum Gasteiger partial charge on any atom is -0.508 e. The van der Waals surface area contributed by atoms with E-state index in [0.29, 0.717) is 0 Å². The molecule has 0 radical (unpaired) electrons. The van der Waals surface area contributed by atoms with Crippen molar-refractivity contribution in [3.8, 4) is 11.5 Å². The number of imidazole rings is 4. The summed E-state index contributed by atoms with van der Waals surface area (Å²) in [6.07, 6.45) is -16.1. The van der Waals surface area contributed by atoms with E-state index in [-0.39, 0.29) is 75.5 Å². The number of anilines is 4. The molecule has 17 atom stereocenters. The Kier molecular flexibility index (Phi) is 28.7. The van der Waals surface area contributed by atoms with E-state index in [1.54, 1.807) is 0 Å². The number of hydrogen-bond acceptors (Lipinski definition) is 39. The van der Waals surface area contributed by atoms with Crippen LogP contribution in [-0.4, -0.2) is 251 Å². The molecule has 10 rings (SSSR count). The number of aromatic nitrogens is 8. The number of rotatable bonds is 24. The number of benzene rings is 2. The Morgan fingerprint density at radius 1 is 0.476 bits per heavy atom. The molecule has 4 amide bonds. The predicted octanol–water partition coefficient (Wildman–Crippen LogP) is -6.34. The van der Waals surface area contributed by atoms with Gasteiger partial charge in [-0.1, -0.05) is 0 Å². The van der Waals surface area contributed by atoms with Gasteiger partial charge in [0.05, 0.1) is 61.6 Å². The number of phosphoric acid groups is 3. The number of nitro benzene ring substituents is 2. The summed E-state index contributed by atoms with van der Waals surface area (Å²) in [6, 6.07) is 9.37. The predicted molar refractivity (Wildman–Crippen MR) is 341 cm³/mol. The molecule has 4 fully saturated rings. The summed E-state index contributed by atoms with van der Waals surface area (Å²) >= 11 is 0. The van der Waals surface area contributed by atoms with E-state index >= 15 is 0 Å². The Labute approximate surface area is 586 Å². The van der Waals surface area contributed by atoms with Crippen LogP contribution < -0.4 is 50.4 Å². The number of nitro groups is 2. The molecule has 52 nitrogen and oxygen atoms in total. The molecule has 4 aliphatic rings. The number of carbonyl (C=O) groups excluding carboxylic acids is 4. The van der Waals surface area contributed by atoms with Crippen molar-refractivity contribution >= 4 is 81.7 Å². The maximum Gasteiger partial charge on any atom is 0.527 e. The average molecular weight is 1560 g/mol. The molecule has 0 bridgehead atoms. The second-order valence-electron chi connectivity index (χ2n) is 21.6. The van der Waals surface area contributed by atoms with E-state index in [2.05, 4.69) is 33.5 Å². The minimum atomic E-state index is -4.75.